The number of hydrogen-bond donors (Lipinski definition) is 6. The molecule has 83 heavy (non-hydrogen) atoms. The van der Waals surface area contributed by atoms with Crippen molar-refractivity contribution in [2.45, 2.75) is 94.1 Å². The van der Waals surface area contributed by atoms with Crippen LogP contribution in [0.1, 0.15) is 99.3 Å². The van der Waals surface area contributed by atoms with E-state index in [-0.39, 0.29) is 89.6 Å². The number of carbonyl (C=O) groups is 8. The van der Waals surface area contributed by atoms with Gasteiger partial charge in [-0.05, 0) is 86.2 Å². The van der Waals surface area contributed by atoms with Crippen molar-refractivity contribution in [2.75, 3.05) is 58.5 Å². The lowest BCUT2D eigenvalue weighted by Crippen LogP contribution is -2.48. The van der Waals surface area contributed by atoms with E-state index in [1.54, 1.807) is 71.5 Å². The number of phenolic OH excluding ortho intramolecular Hbond substituents is 1. The lowest BCUT2D eigenvalue weighted by atomic mass is 10.0. The average Bonchev–Trinajstić information content (AvgIpc) is 4.38. The van der Waals surface area contributed by atoms with Crippen LogP contribution >= 0.6 is 11.8 Å². The smallest absolute Gasteiger partial charge is 0.363 e. The Morgan fingerprint density at radius 2 is 1.40 bits per heavy atom. The first-order valence-electron chi connectivity index (χ1n) is 27.6. The van der Waals surface area contributed by atoms with Gasteiger partial charge in [-0.15, -0.1) is 15.3 Å². The molecule has 3 aliphatic heterocycles. The first-order valence-corrected chi connectivity index (χ1v) is 28.7. The zero-order valence-corrected chi connectivity index (χ0v) is 46.5. The van der Waals surface area contributed by atoms with Crippen molar-refractivity contribution in [3.8, 4) is 5.75 Å². The Labute approximate surface area is 483 Å². The number of hydrogen-bond acceptors (Lipinski definition) is 18. The molecule has 2 unspecified atom stereocenters. The summed E-state index contributed by atoms with van der Waals surface area (Å²) in [4.78, 5) is 105. The molecule has 0 radical (unpaired) electrons. The van der Waals surface area contributed by atoms with Crippen molar-refractivity contribution in [2.24, 2.45) is 10.2 Å². The number of thioether (sulfide) groups is 1. The number of aryl methyl sites for hydroxylation is 2. The largest absolute Gasteiger partial charge is 0.506 e. The summed E-state index contributed by atoms with van der Waals surface area (Å²) >= 11 is 1.82. The molecular formula is C58H67N11O13S. The van der Waals surface area contributed by atoms with E-state index in [1.807, 2.05) is 17.8 Å². The normalized spacial score (nSPS) is 16.8. The number of amides is 7. The molecule has 7 amide bonds. The summed E-state index contributed by atoms with van der Waals surface area (Å²) in [5, 5.41) is 42.9. The summed E-state index contributed by atoms with van der Waals surface area (Å²) in [5.74, 6) is -2.29. The van der Waals surface area contributed by atoms with Crippen molar-refractivity contribution in [1.82, 2.24) is 46.6 Å². The van der Waals surface area contributed by atoms with Crippen LogP contribution in [0.4, 0.5) is 16.2 Å². The second kappa shape index (κ2) is 31.2. The average molecular weight is 1160 g/mol. The molecule has 3 aliphatic rings. The van der Waals surface area contributed by atoms with Gasteiger partial charge in [0.2, 0.25) is 11.8 Å². The molecule has 0 bridgehead atoms. The van der Waals surface area contributed by atoms with E-state index in [0.717, 1.165) is 24.2 Å². The molecule has 4 heterocycles. The van der Waals surface area contributed by atoms with E-state index in [2.05, 4.69) is 47.1 Å². The van der Waals surface area contributed by atoms with E-state index in [4.69, 9.17) is 19.0 Å². The predicted octanol–water partition coefficient (Wildman–Crippen LogP) is 5.22. The third-order valence-corrected chi connectivity index (χ3v) is 15.2. The first-order chi connectivity index (χ1) is 40.4. The second-order valence-corrected chi connectivity index (χ2v) is 21.1. The molecule has 3 fully saturated rings. The number of rotatable bonds is 33. The maximum absolute atomic E-state index is 13.6. The summed E-state index contributed by atoms with van der Waals surface area (Å²) in [6.45, 7) is 3.34. The molecule has 24 nitrogen and oxygen atoms in total. The molecule has 0 spiro atoms. The molecule has 8 rings (SSSR count). The highest BCUT2D eigenvalue weighted by Gasteiger charge is 2.42. The van der Waals surface area contributed by atoms with Crippen LogP contribution in [0.15, 0.2) is 113 Å². The monoisotopic (exact) mass is 1160 g/mol. The number of phenols is 1. The molecule has 0 aliphatic carbocycles. The van der Waals surface area contributed by atoms with Crippen LogP contribution < -0.4 is 26.6 Å². The van der Waals surface area contributed by atoms with Gasteiger partial charge in [-0.1, -0.05) is 60.2 Å². The third-order valence-electron chi connectivity index (χ3n) is 13.7. The number of ketones is 1. The highest BCUT2D eigenvalue weighted by molar-refractivity contribution is 8.00. The van der Waals surface area contributed by atoms with Gasteiger partial charge >= 0.3 is 12.0 Å². The number of aromatic hydroxyl groups is 1. The second-order valence-electron chi connectivity index (χ2n) is 19.8. The van der Waals surface area contributed by atoms with Crippen molar-refractivity contribution in [1.29, 1.82) is 0 Å². The van der Waals surface area contributed by atoms with Crippen LogP contribution in [0.25, 0.3) is 0 Å². The lowest BCUT2D eigenvalue weighted by molar-refractivity contribution is -0.172. The van der Waals surface area contributed by atoms with Crippen molar-refractivity contribution in [3.63, 3.8) is 0 Å². The minimum absolute atomic E-state index is 0.0199. The fourth-order valence-electron chi connectivity index (χ4n) is 9.18. The predicted molar refractivity (Wildman–Crippen MR) is 302 cm³/mol. The Hall–Kier alpha value is -8.39. The van der Waals surface area contributed by atoms with Crippen LogP contribution in [0, 0.1) is 0 Å². The Morgan fingerprint density at radius 1 is 0.735 bits per heavy atom. The summed E-state index contributed by atoms with van der Waals surface area (Å²) in [7, 11) is 0. The number of urea groups is 1. The van der Waals surface area contributed by atoms with E-state index in [1.165, 1.54) is 30.3 Å². The van der Waals surface area contributed by atoms with Crippen LogP contribution in [-0.4, -0.2) is 154 Å². The third kappa shape index (κ3) is 18.6. The lowest BCUT2D eigenvalue weighted by Gasteiger charge is -2.18. The number of unbranched alkanes of at least 4 members (excludes halogenated alkanes) is 1. The highest BCUT2D eigenvalue weighted by atomic mass is 32.2. The minimum Gasteiger partial charge on any atom is -0.506 e. The van der Waals surface area contributed by atoms with Crippen LogP contribution in [-0.2, 0) is 57.6 Å². The summed E-state index contributed by atoms with van der Waals surface area (Å²) in [5.41, 5.74) is 3.49. The van der Waals surface area contributed by atoms with E-state index < -0.39 is 23.8 Å². The van der Waals surface area contributed by atoms with Crippen molar-refractivity contribution in [3.05, 3.63) is 137 Å². The summed E-state index contributed by atoms with van der Waals surface area (Å²) in [6.07, 6.45) is 5.80. The number of azo groups is 1. The molecule has 6 N–H and O–H groups in total. The van der Waals surface area contributed by atoms with Gasteiger partial charge < -0.3 is 50.7 Å². The number of nitrogens with one attached hydrogen (secondary N) is 5. The van der Waals surface area contributed by atoms with E-state index in [0.29, 0.717) is 118 Å². The van der Waals surface area contributed by atoms with Gasteiger partial charge in [-0.25, -0.2) is 9.59 Å². The highest BCUT2D eigenvalue weighted by Crippen LogP contribution is 2.33. The van der Waals surface area contributed by atoms with Crippen LogP contribution in [0.3, 0.4) is 0 Å². The van der Waals surface area contributed by atoms with Gasteiger partial charge in [-0.3, -0.25) is 33.4 Å². The van der Waals surface area contributed by atoms with Gasteiger partial charge in [-0.2, -0.15) is 16.9 Å². The Bertz CT molecular complexity index is 3060. The summed E-state index contributed by atoms with van der Waals surface area (Å²) < 4.78 is 18.6. The molecule has 1 aromatic heterocycles. The van der Waals surface area contributed by atoms with Crippen molar-refractivity contribution < 1.29 is 62.5 Å². The fourth-order valence-corrected chi connectivity index (χ4v) is 10.7. The van der Waals surface area contributed by atoms with E-state index >= 15 is 0 Å². The number of imide groups is 1. The standard InChI is InChI=1S/C58H67N11O13S/c70-48-21-12-38(34-45(48)66-64-43-19-17-42(18-20-43)57(77)82-69-51(72)22-23-52(69)73)24-27-68-36-44(65-67-68)35-46(61-50(71)11-5-4-10-49-53-47(37-83-49)62-58(78)63-53)56(76)60-26-7-29-80-31-33-81-32-30-79-28-6-25-59-55(75)41-15-13-40(14-16-41)54(74)39-8-2-1-3-9-39/h1-3,8-9,12-21,34,36,46-47,49,53,70H,4-7,10-11,22-33,35,37H2,(H,59,75)(H,60,76)(H,61,71)(H2,62,63,78)/t46?,47-,49?,53-/m1/s1. The van der Waals surface area contributed by atoms with Gasteiger partial charge in [0, 0.05) is 92.4 Å². The number of benzene rings is 4. The topological polar surface area (TPSA) is 313 Å². The molecule has 25 heteroatoms. The fraction of sp³-hybridized carbons (Fsp3) is 0.414. The van der Waals surface area contributed by atoms with Crippen LogP contribution in [0.5, 0.6) is 5.75 Å². The maximum Gasteiger partial charge on any atom is 0.363 e. The minimum atomic E-state index is -0.933. The molecule has 4 atom stereocenters. The Kier molecular flexibility index (Phi) is 22.8. The van der Waals surface area contributed by atoms with Crippen molar-refractivity contribution >= 4 is 70.5 Å². The van der Waals surface area contributed by atoms with Gasteiger partial charge in [0.25, 0.3) is 17.7 Å². The first kappa shape index (κ1) is 60.7. The molecule has 0 saturated carbocycles. The molecular weight excluding hydrogens is 1090 g/mol. The zero-order valence-electron chi connectivity index (χ0n) is 45.7. The summed E-state index contributed by atoms with van der Waals surface area (Å²) in [6, 6.07) is 25.4. The number of carbonyl (C=O) groups excluding carboxylic acids is 8. The number of aromatic nitrogens is 3. The van der Waals surface area contributed by atoms with E-state index in [9.17, 15) is 43.5 Å². The van der Waals surface area contributed by atoms with Gasteiger partial charge in [0.15, 0.2) is 5.78 Å². The number of hydroxylamine groups is 2. The molecule has 3 saturated heterocycles. The molecule has 5 aromatic rings. The zero-order chi connectivity index (χ0) is 58.3. The van der Waals surface area contributed by atoms with Gasteiger partial charge in [0.1, 0.15) is 17.5 Å². The Morgan fingerprint density at radius 3 is 2.12 bits per heavy atom. The molecule has 4 aromatic carbocycles. The molecule has 438 valence electrons. The number of nitrogens with zero attached hydrogens (tertiary/aromatic N) is 6. The number of fused-ring (bicyclic) bond motifs is 1. The maximum atomic E-state index is 13.6. The van der Waals surface area contributed by atoms with Gasteiger partial charge in [0.05, 0.1) is 55.5 Å². The Balaban J connectivity index is 0.720. The quantitative estimate of drug-likeness (QED) is 0.0103. The SMILES string of the molecule is O=C(CCCCC1SC[C@H]2NC(=O)N[C@@H]12)NC(Cc1cn(CCc2ccc(O)c(N=Nc3ccc(C(=O)ON4C(=O)CCC4=O)cc3)c2)nn1)C(=O)NCCCOCCOCCOCCCNC(=O)c1ccc(C(=O)c2ccccc2)cc1. The number of ether oxygens (including phenoxy) is 3. The van der Waals surface area contributed by atoms with Crippen LogP contribution in [0.2, 0.25) is 0 Å².